The summed E-state index contributed by atoms with van der Waals surface area (Å²) in [7, 11) is 1.79. The van der Waals surface area contributed by atoms with Crippen molar-refractivity contribution >= 4 is 16.7 Å². The molecule has 0 aliphatic heterocycles. The highest BCUT2D eigenvalue weighted by molar-refractivity contribution is 5.95. The largest absolute Gasteiger partial charge is 0.438 e. The Morgan fingerprint density at radius 3 is 2.32 bits per heavy atom. The van der Waals surface area contributed by atoms with Crippen LogP contribution in [0.1, 0.15) is 11.3 Å². The van der Waals surface area contributed by atoms with Crippen LogP contribution in [-0.2, 0) is 6.42 Å². The zero-order valence-electron chi connectivity index (χ0n) is 20.7. The number of benzene rings is 3. The van der Waals surface area contributed by atoms with Gasteiger partial charge in [-0.3, -0.25) is 0 Å². The van der Waals surface area contributed by atoms with Gasteiger partial charge in [0, 0.05) is 42.2 Å². The zero-order chi connectivity index (χ0) is 25.7. The minimum absolute atomic E-state index is 0.481. The lowest BCUT2D eigenvalue weighted by Crippen LogP contribution is -2.00. The maximum absolute atomic E-state index is 6.16. The van der Waals surface area contributed by atoms with E-state index in [2.05, 4.69) is 54.7 Å². The van der Waals surface area contributed by atoms with Crippen molar-refractivity contribution in [3.05, 3.63) is 121 Å². The van der Waals surface area contributed by atoms with Gasteiger partial charge in [0.25, 0.3) is 0 Å². The normalized spacial score (nSPS) is 10.9. The van der Waals surface area contributed by atoms with E-state index in [0.29, 0.717) is 24.0 Å². The predicted octanol–water partition coefficient (Wildman–Crippen LogP) is 6.57. The summed E-state index contributed by atoms with van der Waals surface area (Å²) in [6.07, 6.45) is 4.07. The Balaban J connectivity index is 1.25. The van der Waals surface area contributed by atoms with Crippen LogP contribution < -0.4 is 10.1 Å². The van der Waals surface area contributed by atoms with Crippen molar-refractivity contribution in [2.45, 2.75) is 6.42 Å². The van der Waals surface area contributed by atoms with Crippen LogP contribution in [0.5, 0.6) is 11.6 Å². The molecule has 0 fully saturated rings. The zero-order valence-corrected chi connectivity index (χ0v) is 20.7. The molecular weight excluding hydrogens is 472 g/mol. The minimum Gasteiger partial charge on any atom is -0.438 e. The molecule has 0 saturated heterocycles. The van der Waals surface area contributed by atoms with E-state index in [9.17, 15) is 0 Å². The topological polar surface area (TPSA) is 85.7 Å². The first-order valence-electron chi connectivity index (χ1n) is 12.3. The fourth-order valence-electron chi connectivity index (χ4n) is 4.38. The summed E-state index contributed by atoms with van der Waals surface area (Å²) in [5, 5.41) is 14.4. The fourth-order valence-corrected chi connectivity index (χ4v) is 4.38. The molecule has 3 aromatic carbocycles. The van der Waals surface area contributed by atoms with E-state index in [-0.39, 0.29) is 0 Å². The van der Waals surface area contributed by atoms with E-state index in [1.54, 1.807) is 19.4 Å². The third kappa shape index (κ3) is 4.77. The van der Waals surface area contributed by atoms with Gasteiger partial charge in [-0.1, -0.05) is 66.7 Å². The van der Waals surface area contributed by atoms with Gasteiger partial charge in [-0.05, 0) is 35.9 Å². The van der Waals surface area contributed by atoms with Crippen LogP contribution in [0, 0.1) is 0 Å². The van der Waals surface area contributed by atoms with Crippen LogP contribution >= 0.6 is 0 Å². The number of ether oxygens (including phenoxy) is 1. The molecule has 3 heterocycles. The number of nitrogens with zero attached hydrogens (tertiary/aromatic N) is 5. The first kappa shape index (κ1) is 23.2. The molecule has 0 unspecified atom stereocenters. The van der Waals surface area contributed by atoms with Gasteiger partial charge in [-0.15, -0.1) is 5.10 Å². The maximum Gasteiger partial charge on any atom is 0.228 e. The summed E-state index contributed by atoms with van der Waals surface area (Å²) in [6.45, 7) is 0. The first-order valence-corrected chi connectivity index (χ1v) is 12.3. The molecule has 6 rings (SSSR count). The number of aromatic nitrogens is 5. The Morgan fingerprint density at radius 2 is 1.50 bits per heavy atom. The second kappa shape index (κ2) is 10.4. The Hall–Kier alpha value is -5.17. The SMILES string of the molecule is CNc1nccc(-c2cccnc2Oc2ccc(Cc3nnc(-c4ccccc4)c4ccccc34)cc2)n1. The summed E-state index contributed by atoms with van der Waals surface area (Å²) >= 11 is 0. The van der Waals surface area contributed by atoms with Gasteiger partial charge in [0.15, 0.2) is 0 Å². The van der Waals surface area contributed by atoms with Crippen molar-refractivity contribution in [3.63, 3.8) is 0 Å². The summed E-state index contributed by atoms with van der Waals surface area (Å²) in [6, 6.07) is 32.1. The molecule has 184 valence electrons. The minimum atomic E-state index is 0.481. The van der Waals surface area contributed by atoms with E-state index >= 15 is 0 Å². The Labute approximate surface area is 220 Å². The van der Waals surface area contributed by atoms with Crippen LogP contribution in [0.4, 0.5) is 5.95 Å². The molecule has 6 aromatic rings. The monoisotopic (exact) mass is 496 g/mol. The maximum atomic E-state index is 6.16. The van der Waals surface area contributed by atoms with Gasteiger partial charge in [-0.25, -0.2) is 15.0 Å². The van der Waals surface area contributed by atoms with Gasteiger partial charge >= 0.3 is 0 Å². The Morgan fingerprint density at radius 1 is 0.711 bits per heavy atom. The lowest BCUT2D eigenvalue weighted by molar-refractivity contribution is 0.464. The third-order valence-corrected chi connectivity index (χ3v) is 6.25. The van der Waals surface area contributed by atoms with Gasteiger partial charge in [0.1, 0.15) is 11.4 Å². The summed E-state index contributed by atoms with van der Waals surface area (Å²) in [5.74, 6) is 1.70. The first-order chi connectivity index (χ1) is 18.8. The van der Waals surface area contributed by atoms with Crippen molar-refractivity contribution in [3.8, 4) is 34.1 Å². The highest BCUT2D eigenvalue weighted by Crippen LogP contribution is 2.32. The molecule has 3 aromatic heterocycles. The van der Waals surface area contributed by atoms with Crippen LogP contribution in [0.25, 0.3) is 33.3 Å². The van der Waals surface area contributed by atoms with E-state index < -0.39 is 0 Å². The summed E-state index contributed by atoms with van der Waals surface area (Å²) in [5.41, 5.74) is 5.52. The van der Waals surface area contributed by atoms with Crippen LogP contribution in [0.3, 0.4) is 0 Å². The van der Waals surface area contributed by atoms with Gasteiger partial charge in [0.05, 0.1) is 17.0 Å². The molecule has 0 bridgehead atoms. The lowest BCUT2D eigenvalue weighted by Gasteiger charge is -2.11. The molecular formula is C31H24N6O. The molecule has 7 heteroatoms. The quantitative estimate of drug-likeness (QED) is 0.267. The van der Waals surface area contributed by atoms with Crippen LogP contribution in [0.15, 0.2) is 109 Å². The smallest absolute Gasteiger partial charge is 0.228 e. The molecule has 0 radical (unpaired) electrons. The molecule has 0 saturated carbocycles. The standard InChI is InChI=1S/C31H24N6O/c1-32-31-34-19-17-27(35-31)26-12-7-18-33-30(26)38-23-15-13-21(14-16-23)20-28-24-10-5-6-11-25(24)29(37-36-28)22-8-3-2-4-9-22/h2-19H,20H2,1H3,(H,32,34,35). The van der Waals surface area contributed by atoms with Gasteiger partial charge in [-0.2, -0.15) is 5.10 Å². The van der Waals surface area contributed by atoms with E-state index in [0.717, 1.165) is 44.5 Å². The number of rotatable bonds is 7. The van der Waals surface area contributed by atoms with E-state index in [1.165, 1.54) is 0 Å². The molecule has 1 N–H and O–H groups in total. The summed E-state index contributed by atoms with van der Waals surface area (Å²) in [4.78, 5) is 13.1. The fraction of sp³-hybridized carbons (Fsp3) is 0.0645. The van der Waals surface area contributed by atoms with Crippen LogP contribution in [-0.4, -0.2) is 32.2 Å². The number of anilines is 1. The Kier molecular flexibility index (Phi) is 6.39. The molecule has 0 amide bonds. The average Bonchev–Trinajstić information content (AvgIpc) is 2.99. The van der Waals surface area contributed by atoms with Gasteiger partial charge in [0.2, 0.25) is 11.8 Å². The second-order valence-corrected chi connectivity index (χ2v) is 8.70. The second-order valence-electron chi connectivity index (χ2n) is 8.70. The number of fused-ring (bicyclic) bond motifs is 1. The number of hydrogen-bond acceptors (Lipinski definition) is 7. The number of nitrogens with one attached hydrogen (secondary N) is 1. The van der Waals surface area contributed by atoms with Crippen molar-refractivity contribution in [2.75, 3.05) is 12.4 Å². The van der Waals surface area contributed by atoms with Crippen molar-refractivity contribution in [2.24, 2.45) is 0 Å². The molecule has 0 aliphatic rings. The number of hydrogen-bond donors (Lipinski definition) is 1. The average molecular weight is 497 g/mol. The molecule has 0 aliphatic carbocycles. The predicted molar refractivity (Wildman–Crippen MR) is 149 cm³/mol. The Bertz CT molecular complexity index is 1700. The number of pyridine rings is 1. The van der Waals surface area contributed by atoms with Crippen molar-refractivity contribution in [1.29, 1.82) is 0 Å². The highest BCUT2D eigenvalue weighted by atomic mass is 16.5. The van der Waals surface area contributed by atoms with Gasteiger partial charge < -0.3 is 10.1 Å². The molecule has 7 nitrogen and oxygen atoms in total. The third-order valence-electron chi connectivity index (χ3n) is 6.25. The molecule has 38 heavy (non-hydrogen) atoms. The van der Waals surface area contributed by atoms with Crippen molar-refractivity contribution in [1.82, 2.24) is 25.1 Å². The summed E-state index contributed by atoms with van der Waals surface area (Å²) < 4.78 is 6.16. The molecule has 0 spiro atoms. The van der Waals surface area contributed by atoms with E-state index in [1.807, 2.05) is 72.8 Å². The van der Waals surface area contributed by atoms with E-state index in [4.69, 9.17) is 4.74 Å². The van der Waals surface area contributed by atoms with Crippen molar-refractivity contribution < 1.29 is 4.74 Å². The molecule has 0 atom stereocenters. The highest BCUT2D eigenvalue weighted by Gasteiger charge is 2.13. The van der Waals surface area contributed by atoms with Crippen LogP contribution in [0.2, 0.25) is 0 Å². The lowest BCUT2D eigenvalue weighted by atomic mass is 10.0.